The van der Waals surface area contributed by atoms with Gasteiger partial charge in [-0.3, -0.25) is 0 Å². The number of nitrogens with one attached hydrogen (secondary N) is 1. The third kappa shape index (κ3) is 2.29. The summed E-state index contributed by atoms with van der Waals surface area (Å²) in [5, 5.41) is 22.4. The van der Waals surface area contributed by atoms with E-state index in [1.165, 1.54) is 0 Å². The van der Waals surface area contributed by atoms with Gasteiger partial charge in [0.05, 0.1) is 22.5 Å². The summed E-state index contributed by atoms with van der Waals surface area (Å²) in [6, 6.07) is 7.27. The molecule has 0 fully saturated rings. The number of fused-ring (bicyclic) bond motifs is 1. The number of likely N-dealkylation sites (N-methyl/N-ethyl adjacent to an activating group) is 1. The number of nitriles is 1. The van der Waals surface area contributed by atoms with Crippen LogP contribution in [0.3, 0.4) is 0 Å². The van der Waals surface area contributed by atoms with Crippen LogP contribution in [-0.2, 0) is 0 Å². The second-order valence-corrected chi connectivity index (χ2v) is 5.55. The Bertz CT molecular complexity index is 563. The van der Waals surface area contributed by atoms with Crippen LogP contribution in [-0.4, -0.2) is 28.8 Å². The van der Waals surface area contributed by atoms with E-state index in [9.17, 15) is 5.11 Å². The van der Waals surface area contributed by atoms with E-state index in [2.05, 4.69) is 11.4 Å². The Labute approximate surface area is 118 Å². The predicted octanol–water partition coefficient (Wildman–Crippen LogP) is 1.72. The molecule has 2 N–H and O–H groups in total. The second kappa shape index (κ2) is 4.80. The lowest BCUT2D eigenvalue weighted by atomic mass is 9.81. The average Bonchev–Trinajstić information content (AvgIpc) is 2.38. The molecule has 0 aliphatic carbocycles. The maximum absolute atomic E-state index is 10.5. The van der Waals surface area contributed by atoms with E-state index in [4.69, 9.17) is 22.2 Å². The summed E-state index contributed by atoms with van der Waals surface area (Å²) >= 11 is 5.30. The Morgan fingerprint density at radius 3 is 2.79 bits per heavy atom. The van der Waals surface area contributed by atoms with Crippen LogP contribution in [0.5, 0.6) is 5.75 Å². The molecule has 0 spiro atoms. The van der Waals surface area contributed by atoms with Crippen molar-refractivity contribution in [2.24, 2.45) is 0 Å². The van der Waals surface area contributed by atoms with Gasteiger partial charge < -0.3 is 15.2 Å². The summed E-state index contributed by atoms with van der Waals surface area (Å²) in [4.78, 5) is 0.542. The van der Waals surface area contributed by atoms with Gasteiger partial charge in [-0.15, -0.1) is 0 Å². The third-order valence-corrected chi connectivity index (χ3v) is 3.86. The highest BCUT2D eigenvalue weighted by molar-refractivity contribution is 7.80. The molecule has 0 bridgehead atoms. The van der Waals surface area contributed by atoms with Crippen molar-refractivity contribution in [2.75, 3.05) is 7.05 Å². The molecule has 1 heterocycles. The molecule has 1 aromatic rings. The summed E-state index contributed by atoms with van der Waals surface area (Å²) in [6.45, 7) is 3.65. The molecule has 0 amide bonds. The first kappa shape index (κ1) is 13.8. The number of thiocarbonyl (C=S) groups is 1. The molecule has 2 rings (SSSR count). The lowest BCUT2D eigenvalue weighted by Crippen LogP contribution is -2.52. The fourth-order valence-electron chi connectivity index (χ4n) is 2.31. The van der Waals surface area contributed by atoms with Crippen LogP contribution in [0.4, 0.5) is 0 Å². The van der Waals surface area contributed by atoms with Crippen molar-refractivity contribution in [3.63, 3.8) is 0 Å². The highest BCUT2D eigenvalue weighted by Crippen LogP contribution is 2.41. The van der Waals surface area contributed by atoms with Crippen molar-refractivity contribution in [3.05, 3.63) is 29.3 Å². The molecule has 0 radical (unpaired) electrons. The third-order valence-electron chi connectivity index (χ3n) is 3.40. The molecule has 1 aromatic carbocycles. The second-order valence-electron chi connectivity index (χ2n) is 5.11. The average molecular weight is 276 g/mol. The number of aliphatic hydroxyl groups is 1. The minimum atomic E-state index is -0.770. The molecule has 19 heavy (non-hydrogen) atoms. The Morgan fingerprint density at radius 2 is 2.21 bits per heavy atom. The lowest BCUT2D eigenvalue weighted by molar-refractivity contribution is -0.0467. The minimum absolute atomic E-state index is 0.368. The number of hydrogen-bond acceptors (Lipinski definition) is 4. The zero-order valence-electron chi connectivity index (χ0n) is 11.1. The Hall–Kier alpha value is -1.64. The number of rotatable bonds is 1. The number of benzene rings is 1. The quantitative estimate of drug-likeness (QED) is 0.765. The topological polar surface area (TPSA) is 65.3 Å². The molecule has 0 saturated heterocycles. The van der Waals surface area contributed by atoms with Gasteiger partial charge in [0.1, 0.15) is 17.5 Å². The van der Waals surface area contributed by atoms with Crippen LogP contribution < -0.4 is 10.1 Å². The van der Waals surface area contributed by atoms with Crippen LogP contribution in [0.25, 0.3) is 0 Å². The van der Waals surface area contributed by atoms with Crippen LogP contribution in [0, 0.1) is 11.3 Å². The van der Waals surface area contributed by atoms with E-state index in [1.54, 1.807) is 25.2 Å². The van der Waals surface area contributed by atoms with E-state index in [1.807, 2.05) is 13.8 Å². The first-order valence-electron chi connectivity index (χ1n) is 6.03. The van der Waals surface area contributed by atoms with E-state index in [-0.39, 0.29) is 5.92 Å². The minimum Gasteiger partial charge on any atom is -0.485 e. The molecule has 1 aliphatic rings. The molecular formula is C14H16N2O2S. The van der Waals surface area contributed by atoms with Gasteiger partial charge in [0.2, 0.25) is 0 Å². The Morgan fingerprint density at radius 1 is 1.53 bits per heavy atom. The molecule has 2 atom stereocenters. The van der Waals surface area contributed by atoms with Crippen LogP contribution in [0.1, 0.15) is 30.9 Å². The predicted molar refractivity (Wildman–Crippen MR) is 76.3 cm³/mol. The van der Waals surface area contributed by atoms with E-state index in [0.29, 0.717) is 16.3 Å². The first-order chi connectivity index (χ1) is 8.90. The standard InChI is InChI=1S/C14H16N2O2S/c1-14(2)12(17)11(13(19)16-3)9-6-8(7-15)4-5-10(9)18-14/h4-6,11-12,17H,1-3H3,(H,16,19)/t11-,12-/m0/s1. The molecular weight excluding hydrogens is 260 g/mol. The molecule has 5 heteroatoms. The fraction of sp³-hybridized carbons (Fsp3) is 0.429. The summed E-state index contributed by atoms with van der Waals surface area (Å²) in [6.07, 6.45) is -0.770. The van der Waals surface area contributed by atoms with Gasteiger partial charge in [0.25, 0.3) is 0 Å². The Balaban J connectivity index is 2.59. The molecule has 0 aromatic heterocycles. The summed E-state index contributed by atoms with van der Waals surface area (Å²) in [5.74, 6) is 0.295. The number of nitrogens with zero attached hydrogens (tertiary/aromatic N) is 1. The van der Waals surface area contributed by atoms with Crippen LogP contribution in [0.2, 0.25) is 0 Å². The lowest BCUT2D eigenvalue weighted by Gasteiger charge is -2.42. The molecule has 0 unspecified atom stereocenters. The summed E-state index contributed by atoms with van der Waals surface area (Å²) in [7, 11) is 1.73. The van der Waals surface area contributed by atoms with E-state index in [0.717, 1.165) is 5.56 Å². The highest BCUT2D eigenvalue weighted by atomic mass is 32.1. The van der Waals surface area contributed by atoms with Gasteiger partial charge in [-0.1, -0.05) is 12.2 Å². The largest absolute Gasteiger partial charge is 0.485 e. The van der Waals surface area contributed by atoms with Crippen molar-refractivity contribution >= 4 is 17.2 Å². The normalized spacial score (nSPS) is 23.7. The molecule has 100 valence electrons. The zero-order valence-corrected chi connectivity index (χ0v) is 11.9. The van der Waals surface area contributed by atoms with Crippen molar-refractivity contribution in [1.82, 2.24) is 5.32 Å². The van der Waals surface area contributed by atoms with Gasteiger partial charge in [0.15, 0.2) is 0 Å². The van der Waals surface area contributed by atoms with Crippen LogP contribution in [0.15, 0.2) is 18.2 Å². The van der Waals surface area contributed by atoms with Gasteiger partial charge in [-0.2, -0.15) is 5.26 Å². The van der Waals surface area contributed by atoms with Gasteiger partial charge in [-0.25, -0.2) is 0 Å². The van der Waals surface area contributed by atoms with Crippen molar-refractivity contribution in [3.8, 4) is 11.8 Å². The molecule has 0 saturated carbocycles. The maximum Gasteiger partial charge on any atom is 0.130 e. The van der Waals surface area contributed by atoms with Crippen molar-refractivity contribution in [2.45, 2.75) is 31.5 Å². The highest BCUT2D eigenvalue weighted by Gasteiger charge is 2.44. The van der Waals surface area contributed by atoms with Crippen LogP contribution >= 0.6 is 12.2 Å². The zero-order chi connectivity index (χ0) is 14.2. The maximum atomic E-state index is 10.5. The fourth-order valence-corrected chi connectivity index (χ4v) is 2.57. The monoisotopic (exact) mass is 276 g/mol. The summed E-state index contributed by atoms with van der Waals surface area (Å²) < 4.78 is 5.81. The number of aliphatic hydroxyl groups excluding tert-OH is 1. The smallest absolute Gasteiger partial charge is 0.130 e. The number of ether oxygens (including phenoxy) is 1. The van der Waals surface area contributed by atoms with Gasteiger partial charge in [-0.05, 0) is 32.0 Å². The number of hydrogen-bond donors (Lipinski definition) is 2. The first-order valence-corrected chi connectivity index (χ1v) is 6.44. The van der Waals surface area contributed by atoms with Crippen molar-refractivity contribution < 1.29 is 9.84 Å². The Kier molecular flexibility index (Phi) is 3.48. The van der Waals surface area contributed by atoms with Gasteiger partial charge >= 0.3 is 0 Å². The molecule has 1 aliphatic heterocycles. The van der Waals surface area contributed by atoms with Gasteiger partial charge in [0, 0.05) is 12.6 Å². The van der Waals surface area contributed by atoms with Crippen molar-refractivity contribution in [1.29, 1.82) is 5.26 Å². The van der Waals surface area contributed by atoms with E-state index >= 15 is 0 Å². The van der Waals surface area contributed by atoms with E-state index < -0.39 is 11.7 Å². The SMILES string of the molecule is CNC(=S)[C@H]1c2cc(C#N)ccc2OC(C)(C)[C@H]1O. The summed E-state index contributed by atoms with van der Waals surface area (Å²) in [5.41, 5.74) is 0.551. The molecule has 4 nitrogen and oxygen atoms in total.